The molecule has 0 saturated heterocycles. The third-order valence-electron chi connectivity index (χ3n) is 2.61. The van der Waals surface area contributed by atoms with Gasteiger partial charge in [0.15, 0.2) is 0 Å². The molecule has 1 rings (SSSR count). The van der Waals surface area contributed by atoms with Gasteiger partial charge in [0.25, 0.3) is 0 Å². The highest BCUT2D eigenvalue weighted by molar-refractivity contribution is 5.32. The molecule has 0 aliphatic carbocycles. The van der Waals surface area contributed by atoms with Gasteiger partial charge < -0.3 is 14.8 Å². The maximum atomic E-state index is 5.34. The first-order valence-electron chi connectivity index (χ1n) is 5.47. The summed E-state index contributed by atoms with van der Waals surface area (Å²) in [6, 6.07) is 8.02. The third-order valence-corrected chi connectivity index (χ3v) is 2.61. The molecule has 0 fully saturated rings. The fourth-order valence-electron chi connectivity index (χ4n) is 1.42. The fraction of sp³-hybridized carbons (Fsp3) is 0.538. The Bertz CT molecular complexity index is 323. The lowest BCUT2D eigenvalue weighted by molar-refractivity contribution is 0.0230. The van der Waals surface area contributed by atoms with E-state index in [1.54, 1.807) is 14.2 Å². The maximum absolute atomic E-state index is 5.34. The Balaban J connectivity index is 2.49. The number of para-hydroxylation sites is 1. The molecule has 16 heavy (non-hydrogen) atoms. The normalized spacial score (nSPS) is 11.5. The zero-order valence-corrected chi connectivity index (χ0v) is 10.5. The van der Waals surface area contributed by atoms with Crippen molar-refractivity contribution < 1.29 is 9.47 Å². The Hall–Kier alpha value is -1.06. The molecule has 0 bridgehead atoms. The zero-order chi connectivity index (χ0) is 12.0. The van der Waals surface area contributed by atoms with E-state index < -0.39 is 0 Å². The van der Waals surface area contributed by atoms with Crippen LogP contribution in [0.3, 0.4) is 0 Å². The van der Waals surface area contributed by atoms with Crippen LogP contribution in [0.1, 0.15) is 19.4 Å². The molecule has 90 valence electrons. The molecule has 0 amide bonds. The molecule has 3 nitrogen and oxygen atoms in total. The van der Waals surface area contributed by atoms with Crippen molar-refractivity contribution in [3.8, 4) is 5.75 Å². The Morgan fingerprint density at radius 2 is 1.88 bits per heavy atom. The van der Waals surface area contributed by atoms with Gasteiger partial charge in [-0.25, -0.2) is 0 Å². The molecular weight excluding hydrogens is 202 g/mol. The van der Waals surface area contributed by atoms with Gasteiger partial charge in [0.1, 0.15) is 5.75 Å². The summed E-state index contributed by atoms with van der Waals surface area (Å²) in [5.74, 6) is 0.922. The van der Waals surface area contributed by atoms with E-state index in [1.165, 1.54) is 0 Å². The second kappa shape index (κ2) is 5.87. The van der Waals surface area contributed by atoms with Crippen molar-refractivity contribution in [1.29, 1.82) is 0 Å². The van der Waals surface area contributed by atoms with E-state index in [1.807, 2.05) is 18.2 Å². The highest BCUT2D eigenvalue weighted by atomic mass is 16.5. The van der Waals surface area contributed by atoms with Crippen molar-refractivity contribution in [2.45, 2.75) is 26.0 Å². The second-order valence-electron chi connectivity index (χ2n) is 4.38. The first-order valence-corrected chi connectivity index (χ1v) is 5.47. The quantitative estimate of drug-likeness (QED) is 0.802. The summed E-state index contributed by atoms with van der Waals surface area (Å²) < 4.78 is 10.6. The van der Waals surface area contributed by atoms with E-state index in [4.69, 9.17) is 9.47 Å². The minimum atomic E-state index is -0.137. The van der Waals surface area contributed by atoms with Crippen molar-refractivity contribution in [2.75, 3.05) is 20.8 Å². The molecule has 1 aromatic carbocycles. The largest absolute Gasteiger partial charge is 0.496 e. The minimum absolute atomic E-state index is 0.137. The van der Waals surface area contributed by atoms with E-state index >= 15 is 0 Å². The van der Waals surface area contributed by atoms with Gasteiger partial charge in [-0.1, -0.05) is 18.2 Å². The lowest BCUT2D eigenvalue weighted by Gasteiger charge is -2.23. The van der Waals surface area contributed by atoms with Crippen LogP contribution in [-0.2, 0) is 11.3 Å². The molecule has 0 unspecified atom stereocenters. The topological polar surface area (TPSA) is 30.5 Å². The van der Waals surface area contributed by atoms with Crippen LogP contribution in [0.4, 0.5) is 0 Å². The van der Waals surface area contributed by atoms with Crippen molar-refractivity contribution in [3.63, 3.8) is 0 Å². The monoisotopic (exact) mass is 223 g/mol. The summed E-state index contributed by atoms with van der Waals surface area (Å²) in [5, 5.41) is 3.36. The summed E-state index contributed by atoms with van der Waals surface area (Å²) in [5.41, 5.74) is 1.03. The molecule has 0 saturated carbocycles. The minimum Gasteiger partial charge on any atom is -0.496 e. The van der Waals surface area contributed by atoms with Gasteiger partial charge in [-0.3, -0.25) is 0 Å². The molecule has 0 atom stereocenters. The molecule has 0 spiro atoms. The van der Waals surface area contributed by atoms with Crippen LogP contribution in [-0.4, -0.2) is 26.4 Å². The number of hydrogen-bond acceptors (Lipinski definition) is 3. The third kappa shape index (κ3) is 3.83. The van der Waals surface area contributed by atoms with Gasteiger partial charge in [-0.05, 0) is 19.9 Å². The van der Waals surface area contributed by atoms with Crippen molar-refractivity contribution in [2.24, 2.45) is 0 Å². The molecule has 1 aromatic rings. The molecule has 0 aliphatic heterocycles. The van der Waals surface area contributed by atoms with Crippen LogP contribution in [0.2, 0.25) is 0 Å². The van der Waals surface area contributed by atoms with Gasteiger partial charge >= 0.3 is 0 Å². The Morgan fingerprint density at radius 3 is 2.50 bits per heavy atom. The number of ether oxygens (including phenoxy) is 2. The van der Waals surface area contributed by atoms with Crippen molar-refractivity contribution in [1.82, 2.24) is 5.32 Å². The molecule has 0 aliphatic rings. The van der Waals surface area contributed by atoms with E-state index in [2.05, 4.69) is 25.2 Å². The average molecular weight is 223 g/mol. The highest BCUT2D eigenvalue weighted by Gasteiger charge is 2.15. The highest BCUT2D eigenvalue weighted by Crippen LogP contribution is 2.17. The van der Waals surface area contributed by atoms with Crippen LogP contribution in [0.25, 0.3) is 0 Å². The standard InChI is InChI=1S/C13H21NO2/c1-13(2,16-4)10-14-9-11-7-5-6-8-12(11)15-3/h5-8,14H,9-10H2,1-4H3. The van der Waals surface area contributed by atoms with Gasteiger partial charge in [-0.15, -0.1) is 0 Å². The smallest absolute Gasteiger partial charge is 0.123 e. The number of rotatable bonds is 6. The van der Waals surface area contributed by atoms with E-state index in [0.29, 0.717) is 0 Å². The van der Waals surface area contributed by atoms with E-state index in [9.17, 15) is 0 Å². The maximum Gasteiger partial charge on any atom is 0.123 e. The lowest BCUT2D eigenvalue weighted by Crippen LogP contribution is -2.36. The average Bonchev–Trinajstić information content (AvgIpc) is 2.29. The van der Waals surface area contributed by atoms with Gasteiger partial charge in [0.2, 0.25) is 0 Å². The number of methoxy groups -OCH3 is 2. The van der Waals surface area contributed by atoms with Crippen molar-refractivity contribution in [3.05, 3.63) is 29.8 Å². The molecule has 0 heterocycles. The second-order valence-corrected chi connectivity index (χ2v) is 4.38. The summed E-state index contributed by atoms with van der Waals surface area (Å²) in [4.78, 5) is 0. The number of benzene rings is 1. The Labute approximate surface area is 97.8 Å². The summed E-state index contributed by atoms with van der Waals surface area (Å²) in [7, 11) is 3.42. The molecule has 0 radical (unpaired) electrons. The first kappa shape index (κ1) is 13.0. The predicted molar refractivity (Wildman–Crippen MR) is 65.8 cm³/mol. The fourth-order valence-corrected chi connectivity index (χ4v) is 1.42. The molecule has 0 aromatic heterocycles. The molecular formula is C13H21NO2. The van der Waals surface area contributed by atoms with Crippen LogP contribution in [0.5, 0.6) is 5.75 Å². The first-order chi connectivity index (χ1) is 7.59. The van der Waals surface area contributed by atoms with Crippen LogP contribution >= 0.6 is 0 Å². The van der Waals surface area contributed by atoms with Crippen LogP contribution < -0.4 is 10.1 Å². The summed E-state index contributed by atoms with van der Waals surface area (Å²) in [6.45, 7) is 5.71. The van der Waals surface area contributed by atoms with Gasteiger partial charge in [0, 0.05) is 25.8 Å². The zero-order valence-electron chi connectivity index (χ0n) is 10.5. The summed E-state index contributed by atoms with van der Waals surface area (Å²) >= 11 is 0. The number of hydrogen-bond donors (Lipinski definition) is 1. The van der Waals surface area contributed by atoms with E-state index in [0.717, 1.165) is 24.4 Å². The van der Waals surface area contributed by atoms with Crippen LogP contribution in [0, 0.1) is 0 Å². The summed E-state index contributed by atoms with van der Waals surface area (Å²) in [6.07, 6.45) is 0. The Morgan fingerprint density at radius 1 is 1.19 bits per heavy atom. The Kier molecular flexibility index (Phi) is 4.77. The van der Waals surface area contributed by atoms with E-state index in [-0.39, 0.29) is 5.60 Å². The van der Waals surface area contributed by atoms with Gasteiger partial charge in [-0.2, -0.15) is 0 Å². The van der Waals surface area contributed by atoms with Crippen molar-refractivity contribution >= 4 is 0 Å². The van der Waals surface area contributed by atoms with Gasteiger partial charge in [0.05, 0.1) is 12.7 Å². The SMILES string of the molecule is COc1ccccc1CNCC(C)(C)OC. The molecule has 3 heteroatoms. The number of nitrogens with one attached hydrogen (secondary N) is 1. The molecule has 1 N–H and O–H groups in total. The lowest BCUT2D eigenvalue weighted by atomic mass is 10.1. The van der Waals surface area contributed by atoms with Crippen LogP contribution in [0.15, 0.2) is 24.3 Å². The predicted octanol–water partition coefficient (Wildman–Crippen LogP) is 2.21.